The number of nitrogens with zero attached hydrogens (tertiary/aromatic N) is 3. The number of sulfonamides is 1. The van der Waals surface area contributed by atoms with Crippen molar-refractivity contribution in [1.82, 2.24) is 14.2 Å². The van der Waals surface area contributed by atoms with Gasteiger partial charge < -0.3 is 14.7 Å². The molecule has 0 spiro atoms. The number of pyridine rings is 1. The third-order valence-electron chi connectivity index (χ3n) is 6.49. The van der Waals surface area contributed by atoms with E-state index in [2.05, 4.69) is 4.98 Å². The van der Waals surface area contributed by atoms with E-state index in [1.165, 1.54) is 23.5 Å². The number of aliphatic carboxylic acids is 1. The zero-order chi connectivity index (χ0) is 26.6. The molecular formula is C27H29N3O6S. The second-order valence-corrected chi connectivity index (χ2v) is 10.8. The maximum Gasteiger partial charge on any atom is 0.303 e. The molecule has 1 saturated heterocycles. The van der Waals surface area contributed by atoms with Crippen LogP contribution in [0.4, 0.5) is 0 Å². The summed E-state index contributed by atoms with van der Waals surface area (Å²) in [4.78, 5) is 29.6. The van der Waals surface area contributed by atoms with Crippen LogP contribution < -0.4 is 4.74 Å². The number of hydrogen-bond acceptors (Lipinski definition) is 6. The zero-order valence-corrected chi connectivity index (χ0v) is 21.5. The number of aryl methyl sites for hydroxylation is 1. The number of amides is 1. The molecule has 0 bridgehead atoms. The average Bonchev–Trinajstić information content (AvgIpc) is 2.91. The lowest BCUT2D eigenvalue weighted by Gasteiger charge is -2.41. The van der Waals surface area contributed by atoms with Crippen LogP contribution in [0.25, 0.3) is 11.1 Å². The Morgan fingerprint density at radius 3 is 2.59 bits per heavy atom. The summed E-state index contributed by atoms with van der Waals surface area (Å²) in [7, 11) is -2.47. The Kier molecular flexibility index (Phi) is 7.89. The molecule has 1 unspecified atom stereocenters. The average molecular weight is 524 g/mol. The van der Waals surface area contributed by atoms with E-state index < -0.39 is 22.0 Å². The molecule has 1 N–H and O–H groups in total. The Morgan fingerprint density at radius 2 is 1.86 bits per heavy atom. The minimum Gasteiger partial charge on any atom is -0.497 e. The fourth-order valence-corrected chi connectivity index (χ4v) is 6.16. The first kappa shape index (κ1) is 26.3. The third kappa shape index (κ3) is 5.81. The molecule has 3 aromatic rings. The van der Waals surface area contributed by atoms with Gasteiger partial charge in [-0.15, -0.1) is 0 Å². The van der Waals surface area contributed by atoms with Gasteiger partial charge in [-0.3, -0.25) is 14.6 Å². The number of rotatable bonds is 8. The Labute approximate surface area is 216 Å². The van der Waals surface area contributed by atoms with Crippen LogP contribution in [0.15, 0.2) is 71.9 Å². The number of piperazine rings is 1. The minimum absolute atomic E-state index is 0.0710. The van der Waals surface area contributed by atoms with Crippen molar-refractivity contribution in [1.29, 1.82) is 0 Å². The monoisotopic (exact) mass is 523 g/mol. The molecule has 194 valence electrons. The topological polar surface area (TPSA) is 117 Å². The molecule has 10 heteroatoms. The zero-order valence-electron chi connectivity index (χ0n) is 20.7. The summed E-state index contributed by atoms with van der Waals surface area (Å²) in [5.74, 6) is -0.938. The van der Waals surface area contributed by atoms with Crippen molar-refractivity contribution in [2.75, 3.05) is 26.7 Å². The number of carboxylic acids is 1. The van der Waals surface area contributed by atoms with E-state index in [0.29, 0.717) is 5.75 Å². The lowest BCUT2D eigenvalue weighted by molar-refractivity contribution is -0.141. The number of carbonyl (C=O) groups excluding carboxylic acids is 1. The summed E-state index contributed by atoms with van der Waals surface area (Å²) in [6.45, 7) is 2.31. The van der Waals surface area contributed by atoms with Crippen molar-refractivity contribution in [3.05, 3.63) is 78.1 Å². The predicted molar refractivity (Wildman–Crippen MR) is 137 cm³/mol. The summed E-state index contributed by atoms with van der Waals surface area (Å²) in [5.41, 5.74) is 3.60. The SMILES string of the molecule is COc1cccc(S(=O)(=O)N2CCN(C(=O)CCC(=O)O)CC2c2cccc(-c3ccncc3C)c2)c1. The van der Waals surface area contributed by atoms with Crippen LogP contribution in [0.2, 0.25) is 0 Å². The first-order chi connectivity index (χ1) is 17.7. The summed E-state index contributed by atoms with van der Waals surface area (Å²) in [6, 6.07) is 15.1. The Bertz CT molecular complexity index is 1410. The first-order valence-corrected chi connectivity index (χ1v) is 13.3. The first-order valence-electron chi connectivity index (χ1n) is 11.9. The summed E-state index contributed by atoms with van der Waals surface area (Å²) in [6.07, 6.45) is 3.06. The standard InChI is InChI=1S/C27H29N3O6S/c1-19-17-28-12-11-24(19)20-5-3-6-21(15-20)25-18-29(26(31)9-10-27(32)33)13-14-30(25)37(34,35)23-8-4-7-22(16-23)36-2/h3-8,11-12,15-17,25H,9-10,13-14,18H2,1-2H3,(H,32,33). The van der Waals surface area contributed by atoms with Crippen LogP contribution in [-0.4, -0.2) is 66.3 Å². The molecule has 2 heterocycles. The molecule has 1 aliphatic rings. The minimum atomic E-state index is -3.94. The number of hydrogen-bond donors (Lipinski definition) is 1. The van der Waals surface area contributed by atoms with Gasteiger partial charge in [0.15, 0.2) is 0 Å². The van der Waals surface area contributed by atoms with E-state index in [-0.39, 0.29) is 43.3 Å². The van der Waals surface area contributed by atoms with Crippen molar-refractivity contribution < 1.29 is 27.9 Å². The van der Waals surface area contributed by atoms with Gasteiger partial charge in [-0.05, 0) is 53.4 Å². The summed E-state index contributed by atoms with van der Waals surface area (Å²) in [5, 5.41) is 9.00. The quantitative estimate of drug-likeness (QED) is 0.480. The van der Waals surface area contributed by atoms with Crippen molar-refractivity contribution in [2.24, 2.45) is 0 Å². The smallest absolute Gasteiger partial charge is 0.303 e. The van der Waals surface area contributed by atoms with Crippen molar-refractivity contribution >= 4 is 21.9 Å². The van der Waals surface area contributed by atoms with E-state index in [4.69, 9.17) is 9.84 Å². The molecule has 1 fully saturated rings. The summed E-state index contributed by atoms with van der Waals surface area (Å²) >= 11 is 0. The molecule has 0 saturated carbocycles. The van der Waals surface area contributed by atoms with E-state index in [1.807, 2.05) is 37.3 Å². The molecule has 1 aliphatic heterocycles. The highest BCUT2D eigenvalue weighted by molar-refractivity contribution is 7.89. The second kappa shape index (κ2) is 11.1. The van der Waals surface area contributed by atoms with Crippen molar-refractivity contribution in [2.45, 2.75) is 30.7 Å². The van der Waals surface area contributed by atoms with Gasteiger partial charge in [0.05, 0.1) is 24.5 Å². The van der Waals surface area contributed by atoms with Gasteiger partial charge in [-0.2, -0.15) is 4.31 Å². The number of carbonyl (C=O) groups is 2. The van der Waals surface area contributed by atoms with E-state index in [1.54, 1.807) is 29.4 Å². The Balaban J connectivity index is 1.74. The van der Waals surface area contributed by atoms with Gasteiger partial charge in [0.2, 0.25) is 15.9 Å². The Hall–Kier alpha value is -3.76. The van der Waals surface area contributed by atoms with Gasteiger partial charge in [-0.1, -0.05) is 24.3 Å². The van der Waals surface area contributed by atoms with Gasteiger partial charge >= 0.3 is 5.97 Å². The van der Waals surface area contributed by atoms with Crippen molar-refractivity contribution in [3.63, 3.8) is 0 Å². The lowest BCUT2D eigenvalue weighted by Crippen LogP contribution is -2.52. The molecule has 1 amide bonds. The normalized spacial score (nSPS) is 16.4. The van der Waals surface area contributed by atoms with Crippen molar-refractivity contribution in [3.8, 4) is 16.9 Å². The van der Waals surface area contributed by atoms with E-state index in [9.17, 15) is 18.0 Å². The Morgan fingerprint density at radius 1 is 1.08 bits per heavy atom. The van der Waals surface area contributed by atoms with Gasteiger partial charge in [-0.25, -0.2) is 8.42 Å². The maximum absolute atomic E-state index is 13.8. The molecule has 0 aliphatic carbocycles. The molecular weight excluding hydrogens is 494 g/mol. The fraction of sp³-hybridized carbons (Fsp3) is 0.296. The van der Waals surface area contributed by atoms with Crippen LogP contribution >= 0.6 is 0 Å². The van der Waals surface area contributed by atoms with Crippen LogP contribution in [0.5, 0.6) is 5.75 Å². The second-order valence-electron chi connectivity index (χ2n) is 8.86. The molecule has 1 aromatic heterocycles. The molecule has 2 aromatic carbocycles. The molecule has 37 heavy (non-hydrogen) atoms. The highest BCUT2D eigenvalue weighted by Gasteiger charge is 2.38. The van der Waals surface area contributed by atoms with E-state index in [0.717, 1.165) is 22.3 Å². The number of carboxylic acid groups (broad SMARTS) is 1. The highest BCUT2D eigenvalue weighted by atomic mass is 32.2. The van der Waals surface area contributed by atoms with Crippen LogP contribution in [-0.2, 0) is 19.6 Å². The highest BCUT2D eigenvalue weighted by Crippen LogP contribution is 2.34. The predicted octanol–water partition coefficient (Wildman–Crippen LogP) is 3.50. The lowest BCUT2D eigenvalue weighted by atomic mass is 9.96. The largest absolute Gasteiger partial charge is 0.497 e. The number of benzene rings is 2. The summed E-state index contributed by atoms with van der Waals surface area (Å²) < 4.78 is 34.3. The number of methoxy groups -OCH3 is 1. The van der Waals surface area contributed by atoms with Gasteiger partial charge in [0.25, 0.3) is 0 Å². The third-order valence-corrected chi connectivity index (χ3v) is 8.39. The molecule has 9 nitrogen and oxygen atoms in total. The fourth-order valence-electron chi connectivity index (χ4n) is 4.53. The van der Waals surface area contributed by atoms with Gasteiger partial charge in [0.1, 0.15) is 5.75 Å². The van der Waals surface area contributed by atoms with Crippen LogP contribution in [0, 0.1) is 6.92 Å². The van der Waals surface area contributed by atoms with Crippen LogP contribution in [0.1, 0.15) is 30.0 Å². The molecule has 0 radical (unpaired) electrons. The van der Waals surface area contributed by atoms with Gasteiger partial charge in [0, 0.05) is 44.5 Å². The number of aromatic nitrogens is 1. The molecule has 4 rings (SSSR count). The van der Waals surface area contributed by atoms with E-state index >= 15 is 0 Å². The van der Waals surface area contributed by atoms with Crippen LogP contribution in [0.3, 0.4) is 0 Å². The maximum atomic E-state index is 13.8. The molecule has 1 atom stereocenters. The number of ether oxygens (including phenoxy) is 1.